The van der Waals surface area contributed by atoms with Crippen LogP contribution >= 0.6 is 0 Å². The third-order valence-electron chi connectivity index (χ3n) is 3.38. The van der Waals surface area contributed by atoms with Crippen LogP contribution in [-0.2, 0) is 9.53 Å². The first-order valence-electron chi connectivity index (χ1n) is 6.36. The molecular formula is C14H23NO3. The maximum absolute atomic E-state index is 12.1. The standard InChI is InChI=1S/C14H23NO3/c1-6-11(16)14(9-7-8-10-14)15(5)12(17)18-13(2,3)4/h6H,1,7-10H2,2-5H3. The highest BCUT2D eigenvalue weighted by molar-refractivity contribution is 5.99. The third kappa shape index (κ3) is 2.92. The summed E-state index contributed by atoms with van der Waals surface area (Å²) in [6.45, 7) is 8.98. The SMILES string of the molecule is C=CC(=O)C1(N(C)C(=O)OC(C)(C)C)CCCC1. The van der Waals surface area contributed by atoms with Gasteiger partial charge in [0.05, 0.1) is 0 Å². The van der Waals surface area contributed by atoms with Gasteiger partial charge in [-0.2, -0.15) is 0 Å². The van der Waals surface area contributed by atoms with Gasteiger partial charge in [-0.05, 0) is 39.7 Å². The molecule has 1 aliphatic carbocycles. The molecule has 0 spiro atoms. The van der Waals surface area contributed by atoms with E-state index in [1.54, 1.807) is 7.05 Å². The Morgan fingerprint density at radius 2 is 1.78 bits per heavy atom. The Hall–Kier alpha value is -1.32. The molecule has 1 rings (SSSR count). The van der Waals surface area contributed by atoms with E-state index in [1.807, 2.05) is 20.8 Å². The minimum Gasteiger partial charge on any atom is -0.444 e. The molecule has 4 heteroatoms. The van der Waals surface area contributed by atoms with Gasteiger partial charge in [0.15, 0.2) is 5.78 Å². The predicted molar refractivity (Wildman–Crippen MR) is 70.4 cm³/mol. The van der Waals surface area contributed by atoms with Crippen LogP contribution in [0.25, 0.3) is 0 Å². The molecule has 18 heavy (non-hydrogen) atoms. The van der Waals surface area contributed by atoms with Gasteiger partial charge in [0.25, 0.3) is 0 Å². The van der Waals surface area contributed by atoms with Crippen molar-refractivity contribution in [3.8, 4) is 0 Å². The van der Waals surface area contributed by atoms with E-state index in [-0.39, 0.29) is 5.78 Å². The lowest BCUT2D eigenvalue weighted by Crippen LogP contribution is -2.54. The molecule has 1 aliphatic rings. The van der Waals surface area contributed by atoms with Gasteiger partial charge in [0, 0.05) is 7.05 Å². The molecule has 0 heterocycles. The van der Waals surface area contributed by atoms with Gasteiger partial charge < -0.3 is 4.74 Å². The Morgan fingerprint density at radius 1 is 1.28 bits per heavy atom. The summed E-state index contributed by atoms with van der Waals surface area (Å²) in [5.74, 6) is -0.0895. The first-order valence-corrected chi connectivity index (χ1v) is 6.36. The molecule has 0 saturated heterocycles. The Bertz CT molecular complexity index is 349. The number of amides is 1. The molecule has 0 aliphatic heterocycles. The summed E-state index contributed by atoms with van der Waals surface area (Å²) in [7, 11) is 1.64. The molecular weight excluding hydrogens is 230 g/mol. The van der Waals surface area contributed by atoms with Crippen LogP contribution in [0.15, 0.2) is 12.7 Å². The Labute approximate surface area is 109 Å². The van der Waals surface area contributed by atoms with Gasteiger partial charge in [0.1, 0.15) is 11.1 Å². The molecule has 0 aromatic rings. The van der Waals surface area contributed by atoms with E-state index in [1.165, 1.54) is 11.0 Å². The molecule has 1 amide bonds. The van der Waals surface area contributed by atoms with E-state index in [2.05, 4.69) is 6.58 Å². The van der Waals surface area contributed by atoms with Crippen LogP contribution in [0.1, 0.15) is 46.5 Å². The number of rotatable bonds is 3. The quantitative estimate of drug-likeness (QED) is 0.726. The Kier molecular flexibility index (Phi) is 4.20. The van der Waals surface area contributed by atoms with Crippen molar-refractivity contribution in [3.63, 3.8) is 0 Å². The zero-order chi connectivity index (χ0) is 14.0. The number of likely N-dealkylation sites (N-methyl/N-ethyl adjacent to an activating group) is 1. The van der Waals surface area contributed by atoms with E-state index < -0.39 is 17.2 Å². The summed E-state index contributed by atoms with van der Waals surface area (Å²) >= 11 is 0. The minimum absolute atomic E-state index is 0.0895. The summed E-state index contributed by atoms with van der Waals surface area (Å²) < 4.78 is 5.33. The summed E-state index contributed by atoms with van der Waals surface area (Å²) in [4.78, 5) is 25.6. The fourth-order valence-corrected chi connectivity index (χ4v) is 2.40. The Morgan fingerprint density at radius 3 is 2.17 bits per heavy atom. The van der Waals surface area contributed by atoms with Crippen LogP contribution in [0.2, 0.25) is 0 Å². The molecule has 0 aromatic carbocycles. The van der Waals surface area contributed by atoms with Crippen LogP contribution in [-0.4, -0.2) is 35.0 Å². The highest BCUT2D eigenvalue weighted by atomic mass is 16.6. The molecule has 102 valence electrons. The average molecular weight is 253 g/mol. The van der Waals surface area contributed by atoms with E-state index in [4.69, 9.17) is 4.74 Å². The molecule has 1 fully saturated rings. The molecule has 0 radical (unpaired) electrons. The average Bonchev–Trinajstić information content (AvgIpc) is 2.74. The second-order valence-electron chi connectivity index (χ2n) is 5.85. The maximum atomic E-state index is 12.1. The van der Waals surface area contributed by atoms with Crippen molar-refractivity contribution in [2.45, 2.75) is 57.6 Å². The number of hydrogen-bond acceptors (Lipinski definition) is 3. The predicted octanol–water partition coefficient (Wildman–Crippen LogP) is 2.92. The number of carbonyl (C=O) groups is 2. The molecule has 0 bridgehead atoms. The maximum Gasteiger partial charge on any atom is 0.410 e. The number of carbonyl (C=O) groups excluding carboxylic acids is 2. The summed E-state index contributed by atoms with van der Waals surface area (Å²) in [6, 6.07) is 0. The highest BCUT2D eigenvalue weighted by Gasteiger charge is 2.46. The topological polar surface area (TPSA) is 46.6 Å². The van der Waals surface area contributed by atoms with Crippen molar-refractivity contribution in [1.82, 2.24) is 4.90 Å². The molecule has 0 unspecified atom stereocenters. The molecule has 0 aromatic heterocycles. The summed E-state index contributed by atoms with van der Waals surface area (Å²) in [5.41, 5.74) is -1.30. The van der Waals surface area contributed by atoms with E-state index in [0.717, 1.165) is 12.8 Å². The van der Waals surface area contributed by atoms with E-state index in [0.29, 0.717) is 12.8 Å². The number of hydrogen-bond donors (Lipinski definition) is 0. The lowest BCUT2D eigenvalue weighted by Gasteiger charge is -2.37. The van der Waals surface area contributed by atoms with Crippen molar-refractivity contribution >= 4 is 11.9 Å². The third-order valence-corrected chi connectivity index (χ3v) is 3.38. The highest BCUT2D eigenvalue weighted by Crippen LogP contribution is 2.36. The Balaban J connectivity index is 2.90. The number of ketones is 1. The summed E-state index contributed by atoms with van der Waals surface area (Å²) in [5, 5.41) is 0. The van der Waals surface area contributed by atoms with Crippen LogP contribution in [0.4, 0.5) is 4.79 Å². The van der Waals surface area contributed by atoms with Crippen molar-refractivity contribution in [3.05, 3.63) is 12.7 Å². The molecule has 4 nitrogen and oxygen atoms in total. The van der Waals surface area contributed by atoms with Crippen LogP contribution < -0.4 is 0 Å². The van der Waals surface area contributed by atoms with E-state index in [9.17, 15) is 9.59 Å². The first-order chi connectivity index (χ1) is 8.23. The van der Waals surface area contributed by atoms with Gasteiger partial charge in [-0.1, -0.05) is 19.4 Å². The monoisotopic (exact) mass is 253 g/mol. The first kappa shape index (κ1) is 14.7. The van der Waals surface area contributed by atoms with Crippen LogP contribution in [0, 0.1) is 0 Å². The van der Waals surface area contributed by atoms with Gasteiger partial charge in [-0.3, -0.25) is 9.69 Å². The van der Waals surface area contributed by atoms with Crippen molar-refractivity contribution < 1.29 is 14.3 Å². The fourth-order valence-electron chi connectivity index (χ4n) is 2.40. The largest absolute Gasteiger partial charge is 0.444 e. The van der Waals surface area contributed by atoms with Crippen LogP contribution in [0.5, 0.6) is 0 Å². The fraction of sp³-hybridized carbons (Fsp3) is 0.714. The minimum atomic E-state index is -0.746. The molecule has 1 saturated carbocycles. The zero-order valence-electron chi connectivity index (χ0n) is 11.8. The smallest absolute Gasteiger partial charge is 0.410 e. The van der Waals surface area contributed by atoms with Gasteiger partial charge in [-0.15, -0.1) is 0 Å². The van der Waals surface area contributed by atoms with Crippen molar-refractivity contribution in [2.24, 2.45) is 0 Å². The lowest BCUT2D eigenvalue weighted by atomic mass is 9.90. The number of nitrogens with zero attached hydrogens (tertiary/aromatic N) is 1. The van der Waals surface area contributed by atoms with Gasteiger partial charge in [0.2, 0.25) is 0 Å². The van der Waals surface area contributed by atoms with Crippen molar-refractivity contribution in [2.75, 3.05) is 7.05 Å². The van der Waals surface area contributed by atoms with E-state index >= 15 is 0 Å². The molecule has 0 atom stereocenters. The van der Waals surface area contributed by atoms with Gasteiger partial charge in [-0.25, -0.2) is 4.79 Å². The summed E-state index contributed by atoms with van der Waals surface area (Å²) in [6.07, 6.45) is 4.15. The van der Waals surface area contributed by atoms with Crippen LogP contribution in [0.3, 0.4) is 0 Å². The number of ether oxygens (including phenoxy) is 1. The second kappa shape index (κ2) is 5.12. The zero-order valence-corrected chi connectivity index (χ0v) is 11.8. The van der Waals surface area contributed by atoms with Crippen molar-refractivity contribution in [1.29, 1.82) is 0 Å². The second-order valence-corrected chi connectivity index (χ2v) is 5.85. The lowest BCUT2D eigenvalue weighted by molar-refractivity contribution is -0.125. The van der Waals surface area contributed by atoms with Gasteiger partial charge >= 0.3 is 6.09 Å². The molecule has 0 N–H and O–H groups in total. The normalized spacial score (nSPS) is 18.2.